The van der Waals surface area contributed by atoms with E-state index in [9.17, 15) is 0 Å². The zero-order valence-corrected chi connectivity index (χ0v) is 10.8. The van der Waals surface area contributed by atoms with Crippen LogP contribution in [0.3, 0.4) is 0 Å². The largest absolute Gasteiger partial charge is 0.355 e. The summed E-state index contributed by atoms with van der Waals surface area (Å²) in [5, 5.41) is 12.6. The first-order valence-corrected chi connectivity index (χ1v) is 6.16. The molecule has 1 N–H and O–H groups in total. The van der Waals surface area contributed by atoms with Crippen LogP contribution < -0.4 is 5.32 Å². The van der Waals surface area contributed by atoms with Gasteiger partial charge in [-0.3, -0.25) is 0 Å². The monoisotopic (exact) mass is 256 g/mol. The Balaban J connectivity index is 2.23. The van der Waals surface area contributed by atoms with Gasteiger partial charge < -0.3 is 5.32 Å². The van der Waals surface area contributed by atoms with Gasteiger partial charge >= 0.3 is 0 Å². The second-order valence-corrected chi connectivity index (χ2v) is 4.39. The Morgan fingerprint density at radius 3 is 2.61 bits per heavy atom. The van der Waals surface area contributed by atoms with Crippen LogP contribution in [0.5, 0.6) is 0 Å². The van der Waals surface area contributed by atoms with Gasteiger partial charge in [-0.25, -0.2) is 0 Å². The van der Waals surface area contributed by atoms with Gasteiger partial charge in [-0.15, -0.1) is 0 Å². The predicted octanol–water partition coefficient (Wildman–Crippen LogP) is 4.52. The first kappa shape index (κ1) is 12.5. The van der Waals surface area contributed by atoms with Crippen molar-refractivity contribution < 1.29 is 0 Å². The molecule has 0 saturated heterocycles. The number of hydrogen-bond acceptors (Lipinski definition) is 2. The highest BCUT2D eigenvalue weighted by Gasteiger charge is 2.01. The molecule has 2 nitrogen and oxygen atoms in total. The van der Waals surface area contributed by atoms with Crippen LogP contribution >= 0.6 is 11.6 Å². The molecular weight excluding hydrogens is 244 g/mol. The fraction of sp³-hybridized carbons (Fsp3) is 0.133. The summed E-state index contributed by atoms with van der Waals surface area (Å²) < 4.78 is 0. The van der Waals surface area contributed by atoms with Crippen molar-refractivity contribution in [3.8, 4) is 6.07 Å². The van der Waals surface area contributed by atoms with E-state index in [1.54, 1.807) is 12.1 Å². The van der Waals surface area contributed by atoms with Crippen LogP contribution in [0.1, 0.15) is 18.1 Å². The zero-order chi connectivity index (χ0) is 13.0. The number of nitrogens with zero attached hydrogens (tertiary/aromatic N) is 1. The van der Waals surface area contributed by atoms with E-state index in [4.69, 9.17) is 16.9 Å². The maximum atomic E-state index is 8.81. The summed E-state index contributed by atoms with van der Waals surface area (Å²) in [6.45, 7) is 2.12. The summed E-state index contributed by atoms with van der Waals surface area (Å²) in [5.74, 6) is 0. The Hall–Kier alpha value is -1.98. The first-order valence-electron chi connectivity index (χ1n) is 5.78. The number of benzene rings is 2. The molecule has 0 aromatic heterocycles. The molecule has 0 amide bonds. The number of halogens is 1. The summed E-state index contributed by atoms with van der Waals surface area (Å²) in [6, 6.07) is 15.6. The van der Waals surface area contributed by atoms with Gasteiger partial charge in [-0.05, 0) is 42.3 Å². The van der Waals surface area contributed by atoms with Crippen LogP contribution in [0, 0.1) is 11.3 Å². The van der Waals surface area contributed by atoms with Gasteiger partial charge in [0.15, 0.2) is 0 Å². The zero-order valence-electron chi connectivity index (χ0n) is 10.1. The normalized spacial score (nSPS) is 9.83. The maximum Gasteiger partial charge on any atom is 0.101 e. The fourth-order valence-corrected chi connectivity index (χ4v) is 1.94. The van der Waals surface area contributed by atoms with Crippen molar-refractivity contribution in [3.05, 3.63) is 58.6 Å². The summed E-state index contributed by atoms with van der Waals surface area (Å²) in [5.41, 5.74) is 3.67. The molecule has 0 atom stereocenters. The van der Waals surface area contributed by atoms with Crippen molar-refractivity contribution in [2.75, 3.05) is 5.32 Å². The summed E-state index contributed by atoms with van der Waals surface area (Å²) in [4.78, 5) is 0. The Morgan fingerprint density at radius 1 is 1.17 bits per heavy atom. The van der Waals surface area contributed by atoms with Gasteiger partial charge in [-0.1, -0.05) is 30.7 Å². The van der Waals surface area contributed by atoms with Crippen molar-refractivity contribution in [1.29, 1.82) is 5.26 Å². The van der Waals surface area contributed by atoms with Crippen LogP contribution in [0.4, 0.5) is 11.4 Å². The molecule has 90 valence electrons. The van der Waals surface area contributed by atoms with Gasteiger partial charge in [0.05, 0.1) is 10.6 Å². The SMILES string of the molecule is CCc1cccc(Nc2ccc(C#N)c(Cl)c2)c1. The second kappa shape index (κ2) is 5.57. The molecular formula is C15H13ClN2. The van der Waals surface area contributed by atoms with Gasteiger partial charge in [0.2, 0.25) is 0 Å². The van der Waals surface area contributed by atoms with Crippen molar-refractivity contribution in [2.24, 2.45) is 0 Å². The fourth-order valence-electron chi connectivity index (χ4n) is 1.72. The number of aryl methyl sites for hydroxylation is 1. The second-order valence-electron chi connectivity index (χ2n) is 3.99. The average molecular weight is 257 g/mol. The lowest BCUT2D eigenvalue weighted by molar-refractivity contribution is 1.14. The van der Waals surface area contributed by atoms with Crippen molar-refractivity contribution >= 4 is 23.0 Å². The van der Waals surface area contributed by atoms with Gasteiger partial charge in [0.1, 0.15) is 6.07 Å². The van der Waals surface area contributed by atoms with Gasteiger partial charge in [0, 0.05) is 11.4 Å². The van der Waals surface area contributed by atoms with Crippen LogP contribution in [0.15, 0.2) is 42.5 Å². The number of rotatable bonds is 3. The van der Waals surface area contributed by atoms with Crippen molar-refractivity contribution in [2.45, 2.75) is 13.3 Å². The molecule has 0 aliphatic heterocycles. The number of anilines is 2. The molecule has 0 unspecified atom stereocenters. The number of hydrogen-bond donors (Lipinski definition) is 1. The van der Waals surface area contributed by atoms with Crippen molar-refractivity contribution in [3.63, 3.8) is 0 Å². The van der Waals surface area contributed by atoms with E-state index in [1.165, 1.54) is 5.56 Å². The molecule has 18 heavy (non-hydrogen) atoms. The van der Waals surface area contributed by atoms with Gasteiger partial charge in [0.25, 0.3) is 0 Å². The topological polar surface area (TPSA) is 35.8 Å². The Kier molecular flexibility index (Phi) is 3.86. The van der Waals surface area contributed by atoms with E-state index in [-0.39, 0.29) is 0 Å². The van der Waals surface area contributed by atoms with E-state index in [2.05, 4.69) is 24.4 Å². The molecule has 3 heteroatoms. The summed E-state index contributed by atoms with van der Waals surface area (Å²) in [7, 11) is 0. The minimum absolute atomic E-state index is 0.467. The van der Waals surface area contributed by atoms with E-state index in [0.29, 0.717) is 10.6 Å². The lowest BCUT2D eigenvalue weighted by Gasteiger charge is -2.08. The third-order valence-corrected chi connectivity index (χ3v) is 3.03. The van der Waals surface area contributed by atoms with E-state index >= 15 is 0 Å². The molecule has 0 radical (unpaired) electrons. The smallest absolute Gasteiger partial charge is 0.101 e. The summed E-state index contributed by atoms with van der Waals surface area (Å²) in [6.07, 6.45) is 1.00. The first-order chi connectivity index (χ1) is 8.72. The molecule has 0 spiro atoms. The van der Waals surface area contributed by atoms with Crippen LogP contribution in [-0.4, -0.2) is 0 Å². The molecule has 0 bridgehead atoms. The lowest BCUT2D eigenvalue weighted by atomic mass is 10.1. The maximum absolute atomic E-state index is 8.81. The molecule has 2 aromatic rings. The van der Waals surface area contributed by atoms with Crippen LogP contribution in [-0.2, 0) is 6.42 Å². The van der Waals surface area contributed by atoms with Crippen LogP contribution in [0.25, 0.3) is 0 Å². The van der Waals surface area contributed by atoms with Crippen molar-refractivity contribution in [1.82, 2.24) is 0 Å². The highest BCUT2D eigenvalue weighted by atomic mass is 35.5. The molecule has 2 rings (SSSR count). The summed E-state index contributed by atoms with van der Waals surface area (Å²) >= 11 is 5.99. The van der Waals surface area contributed by atoms with Gasteiger partial charge in [-0.2, -0.15) is 5.26 Å². The standard InChI is InChI=1S/C15H13ClN2/c1-2-11-4-3-5-13(8-11)18-14-7-6-12(10-17)15(16)9-14/h3-9,18H,2H2,1H3. The molecule has 0 saturated carbocycles. The van der Waals surface area contributed by atoms with Crippen LogP contribution in [0.2, 0.25) is 5.02 Å². The highest BCUT2D eigenvalue weighted by molar-refractivity contribution is 6.32. The lowest BCUT2D eigenvalue weighted by Crippen LogP contribution is -1.92. The third-order valence-electron chi connectivity index (χ3n) is 2.71. The number of nitrogens with one attached hydrogen (secondary N) is 1. The Labute approximate surface area is 112 Å². The predicted molar refractivity (Wildman–Crippen MR) is 75.3 cm³/mol. The van der Waals surface area contributed by atoms with E-state index in [0.717, 1.165) is 17.8 Å². The Morgan fingerprint density at radius 2 is 1.94 bits per heavy atom. The molecule has 0 aliphatic carbocycles. The molecule has 2 aromatic carbocycles. The third kappa shape index (κ3) is 2.82. The van der Waals surface area contributed by atoms with E-state index in [1.807, 2.05) is 24.3 Å². The van der Waals surface area contributed by atoms with E-state index < -0.39 is 0 Å². The quantitative estimate of drug-likeness (QED) is 0.877. The molecule has 0 aliphatic rings. The Bertz CT molecular complexity index is 600. The minimum Gasteiger partial charge on any atom is -0.355 e. The molecule has 0 fully saturated rings. The molecule has 0 heterocycles. The highest BCUT2D eigenvalue weighted by Crippen LogP contribution is 2.23. The minimum atomic E-state index is 0.467. The number of nitriles is 1. The average Bonchev–Trinajstić information content (AvgIpc) is 2.39.